The molecular formula is C14H18N2OS. The summed E-state index contributed by atoms with van der Waals surface area (Å²) in [6, 6.07) is 4.33. The van der Waals surface area contributed by atoms with Gasteiger partial charge < -0.3 is 10.1 Å². The predicted molar refractivity (Wildman–Crippen MR) is 75.4 cm³/mol. The van der Waals surface area contributed by atoms with Crippen LogP contribution in [0.25, 0.3) is 0 Å². The van der Waals surface area contributed by atoms with Crippen LogP contribution in [-0.2, 0) is 0 Å². The molecule has 2 heterocycles. The molecule has 1 atom stereocenters. The maximum atomic E-state index is 5.26. The maximum Gasteiger partial charge on any atom is 0.129 e. The SMILES string of the molecule is CCNC(c1cc(OC)cs1)c1cnccc1C. The molecule has 18 heavy (non-hydrogen) atoms. The summed E-state index contributed by atoms with van der Waals surface area (Å²) in [6.45, 7) is 5.15. The lowest BCUT2D eigenvalue weighted by atomic mass is 10.0. The molecule has 96 valence electrons. The van der Waals surface area contributed by atoms with E-state index in [1.165, 1.54) is 16.0 Å². The molecule has 0 fully saturated rings. The van der Waals surface area contributed by atoms with E-state index in [4.69, 9.17) is 4.74 Å². The van der Waals surface area contributed by atoms with Gasteiger partial charge in [-0.15, -0.1) is 11.3 Å². The number of hydrogen-bond donors (Lipinski definition) is 1. The Labute approximate surface area is 112 Å². The monoisotopic (exact) mass is 262 g/mol. The molecule has 0 saturated carbocycles. The van der Waals surface area contributed by atoms with E-state index in [0.29, 0.717) is 0 Å². The fourth-order valence-electron chi connectivity index (χ4n) is 1.94. The van der Waals surface area contributed by atoms with Crippen LogP contribution >= 0.6 is 11.3 Å². The second-order valence-electron chi connectivity index (χ2n) is 4.11. The topological polar surface area (TPSA) is 34.1 Å². The van der Waals surface area contributed by atoms with Gasteiger partial charge in [0.05, 0.1) is 13.2 Å². The lowest BCUT2D eigenvalue weighted by Crippen LogP contribution is -2.22. The highest BCUT2D eigenvalue weighted by atomic mass is 32.1. The number of rotatable bonds is 5. The second kappa shape index (κ2) is 5.98. The number of nitrogens with zero attached hydrogens (tertiary/aromatic N) is 1. The Morgan fingerprint density at radius 2 is 2.33 bits per heavy atom. The van der Waals surface area contributed by atoms with Gasteiger partial charge >= 0.3 is 0 Å². The summed E-state index contributed by atoms with van der Waals surface area (Å²) in [6.07, 6.45) is 3.77. The van der Waals surface area contributed by atoms with Crippen LogP contribution < -0.4 is 10.1 Å². The van der Waals surface area contributed by atoms with Crippen molar-refractivity contribution < 1.29 is 4.74 Å². The summed E-state index contributed by atoms with van der Waals surface area (Å²) >= 11 is 1.71. The molecule has 0 aliphatic carbocycles. The van der Waals surface area contributed by atoms with Gasteiger partial charge in [0.15, 0.2) is 0 Å². The molecule has 2 aromatic rings. The van der Waals surface area contributed by atoms with Crippen LogP contribution in [0.15, 0.2) is 29.9 Å². The molecule has 2 rings (SSSR count). The summed E-state index contributed by atoms with van der Waals surface area (Å²) < 4.78 is 5.26. The average Bonchev–Trinajstić information content (AvgIpc) is 2.85. The smallest absolute Gasteiger partial charge is 0.129 e. The third kappa shape index (κ3) is 2.71. The first kappa shape index (κ1) is 13.1. The fourth-order valence-corrected chi connectivity index (χ4v) is 2.89. The zero-order valence-corrected chi connectivity index (χ0v) is 11.8. The Hall–Kier alpha value is -1.39. The van der Waals surface area contributed by atoms with E-state index in [-0.39, 0.29) is 6.04 Å². The predicted octanol–water partition coefficient (Wildman–Crippen LogP) is 3.16. The van der Waals surface area contributed by atoms with Crippen molar-refractivity contribution in [1.29, 1.82) is 0 Å². The fraction of sp³-hybridized carbons (Fsp3) is 0.357. The minimum absolute atomic E-state index is 0.192. The van der Waals surface area contributed by atoms with E-state index in [2.05, 4.69) is 30.2 Å². The lowest BCUT2D eigenvalue weighted by Gasteiger charge is -2.18. The summed E-state index contributed by atoms with van der Waals surface area (Å²) in [5.41, 5.74) is 2.48. The Morgan fingerprint density at radius 3 is 2.94 bits per heavy atom. The average molecular weight is 262 g/mol. The molecule has 3 nitrogen and oxygen atoms in total. The van der Waals surface area contributed by atoms with Crippen molar-refractivity contribution in [2.75, 3.05) is 13.7 Å². The normalized spacial score (nSPS) is 12.4. The number of methoxy groups -OCH3 is 1. The van der Waals surface area contributed by atoms with Crippen LogP contribution in [0.3, 0.4) is 0 Å². The Balaban J connectivity index is 2.36. The van der Waals surface area contributed by atoms with E-state index in [1.54, 1.807) is 18.4 Å². The zero-order valence-electron chi connectivity index (χ0n) is 10.9. The van der Waals surface area contributed by atoms with Crippen molar-refractivity contribution in [3.8, 4) is 5.75 Å². The molecule has 4 heteroatoms. The van der Waals surface area contributed by atoms with Crippen LogP contribution in [0.1, 0.15) is 29.0 Å². The number of hydrogen-bond acceptors (Lipinski definition) is 4. The van der Waals surface area contributed by atoms with Gasteiger partial charge in [0.2, 0.25) is 0 Å². The number of thiophene rings is 1. The van der Waals surface area contributed by atoms with Crippen LogP contribution in [0.4, 0.5) is 0 Å². The Bertz CT molecular complexity index is 510. The first-order chi connectivity index (χ1) is 8.76. The minimum atomic E-state index is 0.192. The molecule has 0 aliphatic heterocycles. The van der Waals surface area contributed by atoms with Gasteiger partial charge in [0.1, 0.15) is 5.75 Å². The summed E-state index contributed by atoms with van der Waals surface area (Å²) in [5, 5.41) is 5.54. The standard InChI is InChI=1S/C14H18N2OS/c1-4-16-14(12-8-15-6-5-10(12)2)13-7-11(17-3)9-18-13/h5-9,14,16H,4H2,1-3H3. The maximum absolute atomic E-state index is 5.26. The van der Waals surface area contributed by atoms with Gasteiger partial charge in [-0.25, -0.2) is 0 Å². The van der Waals surface area contributed by atoms with Gasteiger partial charge in [-0.3, -0.25) is 4.98 Å². The molecule has 0 saturated heterocycles. The van der Waals surface area contributed by atoms with Crippen molar-refractivity contribution in [2.45, 2.75) is 19.9 Å². The van der Waals surface area contributed by atoms with Crippen molar-refractivity contribution in [3.63, 3.8) is 0 Å². The molecule has 1 N–H and O–H groups in total. The molecule has 0 spiro atoms. The van der Waals surface area contributed by atoms with E-state index in [1.807, 2.05) is 23.8 Å². The van der Waals surface area contributed by atoms with E-state index in [9.17, 15) is 0 Å². The summed E-state index contributed by atoms with van der Waals surface area (Å²) in [5.74, 6) is 0.916. The largest absolute Gasteiger partial charge is 0.496 e. The van der Waals surface area contributed by atoms with Crippen LogP contribution in [-0.4, -0.2) is 18.6 Å². The van der Waals surface area contributed by atoms with E-state index in [0.717, 1.165) is 12.3 Å². The van der Waals surface area contributed by atoms with Gasteiger partial charge in [0.25, 0.3) is 0 Å². The number of ether oxygens (including phenoxy) is 1. The molecule has 1 unspecified atom stereocenters. The minimum Gasteiger partial charge on any atom is -0.496 e. The molecule has 0 bridgehead atoms. The van der Waals surface area contributed by atoms with Crippen LogP contribution in [0.5, 0.6) is 5.75 Å². The molecule has 0 amide bonds. The highest BCUT2D eigenvalue weighted by Crippen LogP contribution is 2.31. The van der Waals surface area contributed by atoms with Crippen LogP contribution in [0, 0.1) is 6.92 Å². The Kier molecular flexibility index (Phi) is 4.33. The molecular weight excluding hydrogens is 244 g/mol. The Morgan fingerprint density at radius 1 is 1.50 bits per heavy atom. The van der Waals surface area contributed by atoms with Crippen molar-refractivity contribution in [3.05, 3.63) is 45.9 Å². The van der Waals surface area contributed by atoms with Gasteiger partial charge in [-0.2, -0.15) is 0 Å². The van der Waals surface area contributed by atoms with Gasteiger partial charge in [-0.05, 0) is 36.7 Å². The molecule has 2 aromatic heterocycles. The number of aryl methyl sites for hydroxylation is 1. The number of pyridine rings is 1. The zero-order chi connectivity index (χ0) is 13.0. The molecule has 0 aromatic carbocycles. The first-order valence-electron chi connectivity index (χ1n) is 6.02. The first-order valence-corrected chi connectivity index (χ1v) is 6.90. The van der Waals surface area contributed by atoms with Gasteiger partial charge in [0, 0.05) is 22.7 Å². The highest BCUT2D eigenvalue weighted by molar-refractivity contribution is 7.10. The van der Waals surface area contributed by atoms with Gasteiger partial charge in [-0.1, -0.05) is 6.92 Å². The number of nitrogens with one attached hydrogen (secondary N) is 1. The van der Waals surface area contributed by atoms with Crippen molar-refractivity contribution in [2.24, 2.45) is 0 Å². The quantitative estimate of drug-likeness (QED) is 0.898. The number of aromatic nitrogens is 1. The summed E-state index contributed by atoms with van der Waals surface area (Å²) in [7, 11) is 1.70. The molecule has 0 radical (unpaired) electrons. The lowest BCUT2D eigenvalue weighted by molar-refractivity contribution is 0.416. The van der Waals surface area contributed by atoms with E-state index < -0.39 is 0 Å². The van der Waals surface area contributed by atoms with E-state index >= 15 is 0 Å². The highest BCUT2D eigenvalue weighted by Gasteiger charge is 2.17. The van der Waals surface area contributed by atoms with Crippen LogP contribution in [0.2, 0.25) is 0 Å². The van der Waals surface area contributed by atoms with Crippen molar-refractivity contribution >= 4 is 11.3 Å². The molecule has 0 aliphatic rings. The third-order valence-electron chi connectivity index (χ3n) is 2.91. The third-order valence-corrected chi connectivity index (χ3v) is 3.89. The summed E-state index contributed by atoms with van der Waals surface area (Å²) in [4.78, 5) is 5.49. The van der Waals surface area contributed by atoms with Crippen molar-refractivity contribution in [1.82, 2.24) is 10.3 Å². The second-order valence-corrected chi connectivity index (χ2v) is 5.05.